The highest BCUT2D eigenvalue weighted by atomic mass is 32.2. The lowest BCUT2D eigenvalue weighted by Crippen LogP contribution is -2.58. The lowest BCUT2D eigenvalue weighted by Gasteiger charge is -2.40. The smallest absolute Gasteiger partial charge is 0.407 e. The molecule has 1 amide bonds. The van der Waals surface area contributed by atoms with Crippen molar-refractivity contribution in [1.29, 1.82) is 0 Å². The zero-order valence-corrected chi connectivity index (χ0v) is 31.7. The molecule has 3 aliphatic heterocycles. The van der Waals surface area contributed by atoms with Crippen LogP contribution in [0, 0.1) is 17.2 Å². The standard InChI is InChI=1S/C37H46FN3O11S2/c1-37(2,16-6-17-39-53(45,46)27-11-9-26(38)10-12-27)23-40(54(47,48)28-13-14-33-34(20-28)52-24-51-33)21-32(42)30(19-25-7-4-3-5-8-25)41(36(43)44)31-22-50-35-29(31)15-18-49-35/h3-5,7-14,20,29-32,35,39,42H,6,15-19,21-24H2,1-2H3,(H,43,44)/t29-,30-,31-,32+,35+/m0/s1. The summed E-state index contributed by atoms with van der Waals surface area (Å²) in [6.45, 7) is 3.53. The zero-order valence-electron chi connectivity index (χ0n) is 30.0. The number of fused-ring (bicyclic) bond motifs is 2. The second-order valence-electron chi connectivity index (χ2n) is 14.5. The molecule has 54 heavy (non-hydrogen) atoms. The second-order valence-corrected chi connectivity index (χ2v) is 18.2. The maximum absolute atomic E-state index is 14.5. The number of benzene rings is 3. The van der Waals surface area contributed by atoms with E-state index in [-0.39, 0.29) is 54.4 Å². The number of rotatable bonds is 17. The third-order valence-corrected chi connectivity index (χ3v) is 13.4. The van der Waals surface area contributed by atoms with Gasteiger partial charge in [0.2, 0.25) is 26.8 Å². The molecule has 0 spiro atoms. The number of hydrogen-bond donors (Lipinski definition) is 3. The van der Waals surface area contributed by atoms with E-state index in [0.29, 0.717) is 31.6 Å². The monoisotopic (exact) mass is 791 g/mol. The molecule has 2 fully saturated rings. The number of nitrogens with zero attached hydrogens (tertiary/aromatic N) is 2. The molecule has 3 heterocycles. The fraction of sp³-hybridized carbons (Fsp3) is 0.486. The van der Waals surface area contributed by atoms with Crippen molar-refractivity contribution >= 4 is 26.1 Å². The largest absolute Gasteiger partial charge is 0.465 e. The first kappa shape index (κ1) is 39.8. The van der Waals surface area contributed by atoms with Gasteiger partial charge in [-0.2, -0.15) is 4.31 Å². The number of aliphatic hydroxyl groups is 1. The van der Waals surface area contributed by atoms with Gasteiger partial charge in [-0.3, -0.25) is 4.90 Å². The molecule has 3 aliphatic rings. The highest BCUT2D eigenvalue weighted by Gasteiger charge is 2.49. The molecule has 294 valence electrons. The molecule has 0 unspecified atom stereocenters. The molecule has 3 aromatic rings. The first-order chi connectivity index (χ1) is 25.6. The summed E-state index contributed by atoms with van der Waals surface area (Å²) in [5.41, 5.74) is -0.0148. The van der Waals surface area contributed by atoms with Crippen molar-refractivity contribution in [3.05, 3.63) is 84.2 Å². The Bertz CT molecular complexity index is 1990. The summed E-state index contributed by atoms with van der Waals surface area (Å²) >= 11 is 0. The SMILES string of the molecule is CC(C)(CCCNS(=O)(=O)c1ccc(F)cc1)CN(C[C@@H](O)[C@H](Cc1ccccc1)N(C(=O)O)[C@H]1CO[C@H]2OCC[C@H]21)S(=O)(=O)c1ccc2c(c1)OCO2. The maximum Gasteiger partial charge on any atom is 0.407 e. The maximum atomic E-state index is 14.5. The molecular formula is C37H46FN3O11S2. The second kappa shape index (κ2) is 16.5. The van der Waals surface area contributed by atoms with Crippen molar-refractivity contribution < 1.29 is 55.2 Å². The summed E-state index contributed by atoms with van der Waals surface area (Å²) in [6.07, 6.45) is -1.97. The molecule has 0 aliphatic carbocycles. The Labute approximate surface area is 314 Å². The average molecular weight is 792 g/mol. The van der Waals surface area contributed by atoms with E-state index in [9.17, 15) is 36.2 Å². The van der Waals surface area contributed by atoms with Crippen molar-refractivity contribution in [2.45, 2.75) is 73.8 Å². The van der Waals surface area contributed by atoms with E-state index in [1.54, 1.807) is 0 Å². The van der Waals surface area contributed by atoms with Crippen LogP contribution in [-0.2, 0) is 35.9 Å². The van der Waals surface area contributed by atoms with Crippen LogP contribution in [0.3, 0.4) is 0 Å². The molecule has 2 saturated heterocycles. The number of carbonyl (C=O) groups is 1. The highest BCUT2D eigenvalue weighted by molar-refractivity contribution is 7.89. The van der Waals surface area contributed by atoms with Crippen LogP contribution in [0.25, 0.3) is 0 Å². The minimum atomic E-state index is -4.34. The Morgan fingerprint density at radius 2 is 1.69 bits per heavy atom. The summed E-state index contributed by atoms with van der Waals surface area (Å²) in [5, 5.41) is 22.8. The summed E-state index contributed by atoms with van der Waals surface area (Å²) in [7, 11) is -8.25. The van der Waals surface area contributed by atoms with Gasteiger partial charge in [0, 0.05) is 31.6 Å². The third-order valence-electron chi connectivity index (χ3n) is 10.1. The van der Waals surface area contributed by atoms with Gasteiger partial charge in [-0.15, -0.1) is 0 Å². The van der Waals surface area contributed by atoms with Crippen molar-refractivity contribution in [2.24, 2.45) is 11.3 Å². The molecule has 0 radical (unpaired) electrons. The zero-order chi connectivity index (χ0) is 38.7. The van der Waals surface area contributed by atoms with Crippen LogP contribution in [0.5, 0.6) is 11.5 Å². The molecule has 0 saturated carbocycles. The van der Waals surface area contributed by atoms with Crippen LogP contribution in [0.15, 0.2) is 82.6 Å². The predicted molar refractivity (Wildman–Crippen MR) is 193 cm³/mol. The number of hydrogen-bond acceptors (Lipinski definition) is 10. The Balaban J connectivity index is 1.26. The first-order valence-corrected chi connectivity index (χ1v) is 20.7. The molecule has 17 heteroatoms. The van der Waals surface area contributed by atoms with Crippen molar-refractivity contribution in [1.82, 2.24) is 13.9 Å². The Morgan fingerprint density at radius 1 is 0.981 bits per heavy atom. The minimum Gasteiger partial charge on any atom is -0.465 e. The molecule has 3 aromatic carbocycles. The summed E-state index contributed by atoms with van der Waals surface area (Å²) in [6, 6.07) is 16.1. The van der Waals surface area contributed by atoms with Gasteiger partial charge in [-0.05, 0) is 73.1 Å². The van der Waals surface area contributed by atoms with Gasteiger partial charge in [-0.25, -0.2) is 30.7 Å². The van der Waals surface area contributed by atoms with E-state index in [0.717, 1.165) is 22.0 Å². The number of amides is 1. The lowest BCUT2D eigenvalue weighted by atomic mass is 9.87. The van der Waals surface area contributed by atoms with Gasteiger partial charge < -0.3 is 29.2 Å². The number of ether oxygens (including phenoxy) is 4. The number of carboxylic acid groups (broad SMARTS) is 1. The van der Waals surface area contributed by atoms with E-state index in [1.807, 2.05) is 44.2 Å². The Hall–Kier alpha value is -3.84. The van der Waals surface area contributed by atoms with Crippen molar-refractivity contribution in [2.75, 3.05) is 39.6 Å². The van der Waals surface area contributed by atoms with Gasteiger partial charge in [0.05, 0.1) is 41.2 Å². The summed E-state index contributed by atoms with van der Waals surface area (Å²) in [4.78, 5) is 14.1. The third kappa shape index (κ3) is 9.16. The van der Waals surface area contributed by atoms with E-state index < -0.39 is 68.4 Å². The number of aliphatic hydroxyl groups excluding tert-OH is 1. The number of nitrogens with one attached hydrogen (secondary N) is 1. The molecule has 3 N–H and O–H groups in total. The molecule has 0 aromatic heterocycles. The van der Waals surface area contributed by atoms with Gasteiger partial charge in [0.15, 0.2) is 17.8 Å². The first-order valence-electron chi connectivity index (χ1n) is 17.8. The van der Waals surface area contributed by atoms with Gasteiger partial charge >= 0.3 is 6.09 Å². The molecule has 14 nitrogen and oxygen atoms in total. The van der Waals surface area contributed by atoms with Crippen LogP contribution in [-0.4, -0.2) is 106 Å². The number of sulfonamides is 2. The fourth-order valence-electron chi connectivity index (χ4n) is 7.33. The minimum absolute atomic E-state index is 0.0305. The van der Waals surface area contributed by atoms with Crippen LogP contribution in [0.4, 0.5) is 9.18 Å². The van der Waals surface area contributed by atoms with Crippen molar-refractivity contribution in [3.8, 4) is 11.5 Å². The van der Waals surface area contributed by atoms with E-state index in [2.05, 4.69) is 4.72 Å². The predicted octanol–water partition coefficient (Wildman–Crippen LogP) is 4.04. The molecular weight excluding hydrogens is 746 g/mol. The van der Waals surface area contributed by atoms with E-state index in [1.165, 1.54) is 35.2 Å². The van der Waals surface area contributed by atoms with Crippen LogP contribution in [0.1, 0.15) is 38.7 Å². The highest BCUT2D eigenvalue weighted by Crippen LogP contribution is 2.38. The van der Waals surface area contributed by atoms with Gasteiger partial charge in [0.25, 0.3) is 0 Å². The van der Waals surface area contributed by atoms with Crippen LogP contribution >= 0.6 is 0 Å². The molecule has 5 atom stereocenters. The summed E-state index contributed by atoms with van der Waals surface area (Å²) < 4.78 is 93.9. The molecule has 6 rings (SSSR count). The van der Waals surface area contributed by atoms with E-state index in [4.69, 9.17) is 18.9 Å². The average Bonchev–Trinajstić information content (AvgIpc) is 3.89. The van der Waals surface area contributed by atoms with Crippen LogP contribution < -0.4 is 14.2 Å². The van der Waals surface area contributed by atoms with E-state index >= 15 is 0 Å². The fourth-order valence-corrected chi connectivity index (χ4v) is 10.1. The Morgan fingerprint density at radius 3 is 2.41 bits per heavy atom. The Kier molecular flexibility index (Phi) is 12.2. The topological polar surface area (TPSA) is 181 Å². The van der Waals surface area contributed by atoms with Gasteiger partial charge in [-0.1, -0.05) is 44.2 Å². The quantitative estimate of drug-likeness (QED) is 0.168. The normalized spacial score (nSPS) is 20.9. The number of halogens is 1. The summed E-state index contributed by atoms with van der Waals surface area (Å²) in [5.74, 6) is -0.179. The lowest BCUT2D eigenvalue weighted by molar-refractivity contribution is -0.0906. The molecule has 0 bridgehead atoms. The van der Waals surface area contributed by atoms with Crippen LogP contribution in [0.2, 0.25) is 0 Å². The van der Waals surface area contributed by atoms with Crippen molar-refractivity contribution in [3.63, 3.8) is 0 Å². The van der Waals surface area contributed by atoms with Gasteiger partial charge in [0.1, 0.15) is 5.82 Å².